The lowest BCUT2D eigenvalue weighted by Gasteiger charge is -2.22. The van der Waals surface area contributed by atoms with E-state index in [0.717, 1.165) is 27.9 Å². The minimum atomic E-state index is -0.842. The lowest BCUT2D eigenvalue weighted by atomic mass is 9.93. The molecule has 0 radical (unpaired) electrons. The van der Waals surface area contributed by atoms with Crippen molar-refractivity contribution in [2.75, 3.05) is 0 Å². The fraction of sp³-hybridized carbons (Fsp3) is 0.0645. The molecular formula is C31H25ClNO+. The standard InChI is InChI=1S/C31H25ClNO/c32-28-19-11-10-18-27(28)31(34)30(25-16-8-3-9-17-25)33-21-20-26(23-12-4-1-5-13-23)22-29(33)24-14-6-2-7-15-24/h1-22,30-31,34H/q+1. The molecule has 0 aliphatic carbocycles. The Morgan fingerprint density at radius 1 is 0.588 bits per heavy atom. The SMILES string of the molecule is OC(c1ccccc1Cl)C(c1ccccc1)[n+]1ccc(-c2ccccc2)cc1-c1ccccc1. The summed E-state index contributed by atoms with van der Waals surface area (Å²) in [6, 6.07) is 42.2. The predicted octanol–water partition coefficient (Wildman–Crippen LogP) is 7.28. The van der Waals surface area contributed by atoms with Crippen LogP contribution in [0.4, 0.5) is 0 Å². The minimum absolute atomic E-state index is 0.374. The quantitative estimate of drug-likeness (QED) is 0.263. The Balaban J connectivity index is 1.73. The first-order valence-corrected chi connectivity index (χ1v) is 11.7. The molecule has 0 saturated heterocycles. The second-order valence-electron chi connectivity index (χ2n) is 8.26. The number of halogens is 1. The number of nitrogens with zero attached hydrogens (tertiary/aromatic N) is 1. The van der Waals surface area contributed by atoms with Crippen molar-refractivity contribution in [2.45, 2.75) is 12.1 Å². The molecule has 34 heavy (non-hydrogen) atoms. The molecule has 5 rings (SSSR count). The van der Waals surface area contributed by atoms with Gasteiger partial charge in [-0.1, -0.05) is 109 Å². The van der Waals surface area contributed by atoms with Gasteiger partial charge in [0, 0.05) is 33.8 Å². The smallest absolute Gasteiger partial charge is 0.213 e. The van der Waals surface area contributed by atoms with Crippen molar-refractivity contribution in [2.24, 2.45) is 0 Å². The van der Waals surface area contributed by atoms with Crippen molar-refractivity contribution in [1.82, 2.24) is 0 Å². The van der Waals surface area contributed by atoms with Gasteiger partial charge in [0.05, 0.1) is 0 Å². The highest BCUT2D eigenvalue weighted by atomic mass is 35.5. The fourth-order valence-electron chi connectivity index (χ4n) is 4.44. The van der Waals surface area contributed by atoms with E-state index < -0.39 is 6.10 Å². The third-order valence-electron chi connectivity index (χ3n) is 6.13. The van der Waals surface area contributed by atoms with Crippen LogP contribution in [0.1, 0.15) is 23.3 Å². The number of aliphatic hydroxyl groups is 1. The van der Waals surface area contributed by atoms with Crippen molar-refractivity contribution in [3.05, 3.63) is 150 Å². The molecule has 1 aromatic heterocycles. The number of aromatic nitrogens is 1. The predicted molar refractivity (Wildman–Crippen MR) is 139 cm³/mol. The normalized spacial score (nSPS) is 12.8. The molecule has 0 amide bonds. The molecule has 2 nitrogen and oxygen atoms in total. The number of aliphatic hydroxyl groups excluding tert-OH is 1. The molecule has 2 unspecified atom stereocenters. The molecule has 0 bridgehead atoms. The van der Waals surface area contributed by atoms with Crippen LogP contribution in [0.3, 0.4) is 0 Å². The first kappa shape index (κ1) is 22.1. The van der Waals surface area contributed by atoms with E-state index >= 15 is 0 Å². The van der Waals surface area contributed by atoms with Crippen LogP contribution in [0.5, 0.6) is 0 Å². The summed E-state index contributed by atoms with van der Waals surface area (Å²) in [7, 11) is 0. The zero-order chi connectivity index (χ0) is 23.3. The molecule has 5 aromatic rings. The fourth-order valence-corrected chi connectivity index (χ4v) is 4.68. The van der Waals surface area contributed by atoms with E-state index in [1.54, 1.807) is 0 Å². The zero-order valence-corrected chi connectivity index (χ0v) is 19.4. The molecule has 166 valence electrons. The van der Waals surface area contributed by atoms with Gasteiger partial charge in [0.2, 0.25) is 11.7 Å². The van der Waals surface area contributed by atoms with Crippen LogP contribution in [0.15, 0.2) is 134 Å². The largest absolute Gasteiger partial charge is 0.381 e. The molecule has 2 atom stereocenters. The number of hydrogen-bond acceptors (Lipinski definition) is 1. The molecule has 1 heterocycles. The molecule has 4 aromatic carbocycles. The number of rotatable bonds is 6. The first-order valence-electron chi connectivity index (χ1n) is 11.4. The monoisotopic (exact) mass is 462 g/mol. The van der Waals surface area contributed by atoms with Crippen molar-refractivity contribution < 1.29 is 9.67 Å². The number of pyridine rings is 1. The van der Waals surface area contributed by atoms with E-state index in [0.29, 0.717) is 10.6 Å². The zero-order valence-electron chi connectivity index (χ0n) is 18.6. The molecule has 0 spiro atoms. The van der Waals surface area contributed by atoms with Crippen LogP contribution in [0.25, 0.3) is 22.4 Å². The van der Waals surface area contributed by atoms with E-state index in [2.05, 4.69) is 59.3 Å². The first-order chi connectivity index (χ1) is 16.7. The maximum atomic E-state index is 11.7. The molecule has 3 heteroatoms. The van der Waals surface area contributed by atoms with Gasteiger partial charge in [-0.15, -0.1) is 0 Å². The van der Waals surface area contributed by atoms with E-state index in [1.165, 1.54) is 0 Å². The van der Waals surface area contributed by atoms with Crippen LogP contribution in [-0.4, -0.2) is 5.11 Å². The Morgan fingerprint density at radius 3 is 1.79 bits per heavy atom. The van der Waals surface area contributed by atoms with Crippen molar-refractivity contribution in [3.63, 3.8) is 0 Å². The number of benzene rings is 4. The average molecular weight is 463 g/mol. The highest BCUT2D eigenvalue weighted by Gasteiger charge is 2.35. The molecule has 1 N–H and O–H groups in total. The summed E-state index contributed by atoms with van der Waals surface area (Å²) in [5, 5.41) is 12.3. The van der Waals surface area contributed by atoms with E-state index in [4.69, 9.17) is 11.6 Å². The van der Waals surface area contributed by atoms with Gasteiger partial charge in [-0.2, -0.15) is 4.57 Å². The van der Waals surface area contributed by atoms with Gasteiger partial charge >= 0.3 is 0 Å². The number of hydrogen-bond donors (Lipinski definition) is 1. The summed E-state index contributed by atoms with van der Waals surface area (Å²) in [4.78, 5) is 0. The Hall–Kier alpha value is -3.72. The van der Waals surface area contributed by atoms with Gasteiger partial charge < -0.3 is 5.11 Å². The third-order valence-corrected chi connectivity index (χ3v) is 6.47. The van der Waals surface area contributed by atoms with Gasteiger partial charge in [-0.3, -0.25) is 0 Å². The molecule has 0 fully saturated rings. The Labute approximate surface area is 205 Å². The highest BCUT2D eigenvalue weighted by Crippen LogP contribution is 2.35. The average Bonchev–Trinajstić information content (AvgIpc) is 2.91. The summed E-state index contributed by atoms with van der Waals surface area (Å²) >= 11 is 6.53. The summed E-state index contributed by atoms with van der Waals surface area (Å²) in [6.07, 6.45) is 1.23. The summed E-state index contributed by atoms with van der Waals surface area (Å²) in [6.45, 7) is 0. The van der Waals surface area contributed by atoms with Crippen LogP contribution >= 0.6 is 11.6 Å². The summed E-state index contributed by atoms with van der Waals surface area (Å²) in [5.41, 5.74) is 6.07. The molecular weight excluding hydrogens is 438 g/mol. The third kappa shape index (κ3) is 4.51. The van der Waals surface area contributed by atoms with Gasteiger partial charge in [-0.25, -0.2) is 0 Å². The lowest BCUT2D eigenvalue weighted by Crippen LogP contribution is -2.45. The topological polar surface area (TPSA) is 24.1 Å². The Morgan fingerprint density at radius 2 is 1.15 bits per heavy atom. The van der Waals surface area contributed by atoms with Crippen LogP contribution in [0.2, 0.25) is 5.02 Å². The minimum Gasteiger partial charge on any atom is -0.381 e. The molecule has 0 aliphatic heterocycles. The summed E-state index contributed by atoms with van der Waals surface area (Å²) in [5.74, 6) is 0. The van der Waals surface area contributed by atoms with Gasteiger partial charge in [-0.05, 0) is 29.3 Å². The van der Waals surface area contributed by atoms with E-state index in [9.17, 15) is 5.11 Å². The lowest BCUT2D eigenvalue weighted by molar-refractivity contribution is -0.712. The van der Waals surface area contributed by atoms with Crippen LogP contribution < -0.4 is 4.57 Å². The van der Waals surface area contributed by atoms with Crippen molar-refractivity contribution in [3.8, 4) is 22.4 Å². The Bertz CT molecular complexity index is 1370. The van der Waals surface area contributed by atoms with E-state index in [1.807, 2.05) is 78.9 Å². The van der Waals surface area contributed by atoms with Crippen molar-refractivity contribution >= 4 is 11.6 Å². The van der Waals surface area contributed by atoms with Gasteiger partial charge in [0.25, 0.3) is 0 Å². The van der Waals surface area contributed by atoms with E-state index in [-0.39, 0.29) is 6.04 Å². The van der Waals surface area contributed by atoms with Crippen LogP contribution in [0, 0.1) is 0 Å². The van der Waals surface area contributed by atoms with Crippen molar-refractivity contribution in [1.29, 1.82) is 0 Å². The summed E-state index contributed by atoms with van der Waals surface area (Å²) < 4.78 is 2.16. The second-order valence-corrected chi connectivity index (χ2v) is 8.67. The maximum absolute atomic E-state index is 11.7. The van der Waals surface area contributed by atoms with Crippen LogP contribution in [-0.2, 0) is 0 Å². The molecule has 0 saturated carbocycles. The van der Waals surface area contributed by atoms with Gasteiger partial charge in [0.1, 0.15) is 6.10 Å². The van der Waals surface area contributed by atoms with Gasteiger partial charge in [0.15, 0.2) is 6.20 Å². The highest BCUT2D eigenvalue weighted by molar-refractivity contribution is 6.31. The second kappa shape index (κ2) is 10.0. The Kier molecular flexibility index (Phi) is 6.53. The maximum Gasteiger partial charge on any atom is 0.213 e. The molecule has 0 aliphatic rings.